The van der Waals surface area contributed by atoms with Gasteiger partial charge in [-0.25, -0.2) is 0 Å². The first kappa shape index (κ1) is 14.1. The van der Waals surface area contributed by atoms with Gasteiger partial charge in [0, 0.05) is 11.1 Å². The Kier molecular flexibility index (Phi) is 5.00. The molecule has 0 heterocycles. The summed E-state index contributed by atoms with van der Waals surface area (Å²) in [7, 11) is 0. The zero-order valence-electron chi connectivity index (χ0n) is 11.3. The van der Waals surface area contributed by atoms with E-state index in [9.17, 15) is 0 Å². The third-order valence-electron chi connectivity index (χ3n) is 3.45. The third kappa shape index (κ3) is 4.09. The van der Waals surface area contributed by atoms with E-state index in [1.165, 1.54) is 5.56 Å². The topological polar surface area (TPSA) is 26.0 Å². The van der Waals surface area contributed by atoms with E-state index in [4.69, 9.17) is 17.3 Å². The first-order valence-corrected chi connectivity index (χ1v) is 7.10. The molecule has 0 amide bonds. The van der Waals surface area contributed by atoms with Crippen LogP contribution in [0.4, 0.5) is 0 Å². The smallest absolute Gasteiger partial charge is 0.0438 e. The summed E-state index contributed by atoms with van der Waals surface area (Å²) in [4.78, 5) is 0. The average molecular weight is 274 g/mol. The van der Waals surface area contributed by atoms with Gasteiger partial charge in [0.05, 0.1) is 0 Å². The van der Waals surface area contributed by atoms with Gasteiger partial charge in [-0.2, -0.15) is 0 Å². The van der Waals surface area contributed by atoms with E-state index in [1.54, 1.807) is 0 Å². The molecule has 19 heavy (non-hydrogen) atoms. The molecule has 0 saturated carbocycles. The van der Waals surface area contributed by atoms with Crippen LogP contribution in [0.1, 0.15) is 35.6 Å². The van der Waals surface area contributed by atoms with E-state index < -0.39 is 0 Å². The standard InChI is InChI=1S/C17H20ClN/c1-13-10-11-15(12-16(13)18)17(19)9-5-8-14-6-3-2-4-7-14/h2-4,6-7,10-12,17H,5,8-9,19H2,1H3. The first-order valence-electron chi connectivity index (χ1n) is 6.72. The van der Waals surface area contributed by atoms with Gasteiger partial charge in [0.2, 0.25) is 0 Å². The highest BCUT2D eigenvalue weighted by Gasteiger charge is 2.07. The maximum Gasteiger partial charge on any atom is 0.0438 e. The maximum atomic E-state index is 6.22. The van der Waals surface area contributed by atoms with Gasteiger partial charge in [0.25, 0.3) is 0 Å². The highest BCUT2D eigenvalue weighted by molar-refractivity contribution is 6.31. The molecule has 100 valence electrons. The van der Waals surface area contributed by atoms with E-state index in [0.29, 0.717) is 0 Å². The summed E-state index contributed by atoms with van der Waals surface area (Å²) in [5.74, 6) is 0. The Morgan fingerprint density at radius 3 is 2.53 bits per heavy atom. The SMILES string of the molecule is Cc1ccc(C(N)CCCc2ccccc2)cc1Cl. The summed E-state index contributed by atoms with van der Waals surface area (Å²) >= 11 is 6.13. The van der Waals surface area contributed by atoms with E-state index in [1.807, 2.05) is 25.1 Å². The molecule has 1 nitrogen and oxygen atoms in total. The Morgan fingerprint density at radius 1 is 1.11 bits per heavy atom. The molecule has 0 bridgehead atoms. The van der Waals surface area contributed by atoms with Crippen molar-refractivity contribution in [2.45, 2.75) is 32.2 Å². The van der Waals surface area contributed by atoms with Crippen LogP contribution in [0.15, 0.2) is 48.5 Å². The molecule has 0 spiro atoms. The normalized spacial score (nSPS) is 12.4. The van der Waals surface area contributed by atoms with Crippen molar-refractivity contribution in [3.63, 3.8) is 0 Å². The lowest BCUT2D eigenvalue weighted by Crippen LogP contribution is -2.10. The molecule has 1 unspecified atom stereocenters. The largest absolute Gasteiger partial charge is 0.324 e. The van der Waals surface area contributed by atoms with Crippen molar-refractivity contribution in [2.75, 3.05) is 0 Å². The molecule has 0 aliphatic heterocycles. The maximum absolute atomic E-state index is 6.22. The molecule has 2 rings (SSSR count). The molecular formula is C17H20ClN. The van der Waals surface area contributed by atoms with Crippen LogP contribution < -0.4 is 5.73 Å². The molecule has 2 N–H and O–H groups in total. The number of hydrogen-bond donors (Lipinski definition) is 1. The number of halogens is 1. The second kappa shape index (κ2) is 6.74. The zero-order chi connectivity index (χ0) is 13.7. The van der Waals surface area contributed by atoms with Gasteiger partial charge in [0.1, 0.15) is 0 Å². The zero-order valence-corrected chi connectivity index (χ0v) is 12.0. The van der Waals surface area contributed by atoms with Crippen LogP contribution in [0.5, 0.6) is 0 Å². The summed E-state index contributed by atoms with van der Waals surface area (Å²) < 4.78 is 0. The summed E-state index contributed by atoms with van der Waals surface area (Å²) in [6, 6.07) is 16.7. The summed E-state index contributed by atoms with van der Waals surface area (Å²) in [6.07, 6.45) is 3.15. The minimum atomic E-state index is 0.0711. The monoisotopic (exact) mass is 273 g/mol. The molecule has 0 saturated heterocycles. The average Bonchev–Trinajstić information content (AvgIpc) is 2.43. The molecule has 1 atom stereocenters. The lowest BCUT2D eigenvalue weighted by Gasteiger charge is -2.13. The number of benzene rings is 2. The summed E-state index contributed by atoms with van der Waals surface area (Å²) in [5, 5.41) is 0.802. The van der Waals surface area contributed by atoms with Crippen LogP contribution in [-0.2, 0) is 6.42 Å². The molecule has 0 aromatic heterocycles. The Morgan fingerprint density at radius 2 is 1.84 bits per heavy atom. The van der Waals surface area contributed by atoms with E-state index in [2.05, 4.69) is 30.3 Å². The van der Waals surface area contributed by atoms with Crippen molar-refractivity contribution >= 4 is 11.6 Å². The Balaban J connectivity index is 1.87. The third-order valence-corrected chi connectivity index (χ3v) is 3.85. The molecule has 2 aromatic rings. The summed E-state index contributed by atoms with van der Waals surface area (Å²) in [5.41, 5.74) is 9.82. The van der Waals surface area contributed by atoms with Gasteiger partial charge in [-0.05, 0) is 48.9 Å². The second-order valence-corrected chi connectivity index (χ2v) is 5.40. The van der Waals surface area contributed by atoms with Crippen molar-refractivity contribution in [3.8, 4) is 0 Å². The molecular weight excluding hydrogens is 254 g/mol. The van der Waals surface area contributed by atoms with Crippen molar-refractivity contribution < 1.29 is 0 Å². The van der Waals surface area contributed by atoms with Crippen molar-refractivity contribution in [2.24, 2.45) is 5.73 Å². The van der Waals surface area contributed by atoms with E-state index in [0.717, 1.165) is 35.4 Å². The van der Waals surface area contributed by atoms with Gasteiger partial charge in [0.15, 0.2) is 0 Å². The Hall–Kier alpha value is -1.31. The van der Waals surface area contributed by atoms with Crippen LogP contribution in [-0.4, -0.2) is 0 Å². The quantitative estimate of drug-likeness (QED) is 0.842. The van der Waals surface area contributed by atoms with Gasteiger partial charge < -0.3 is 5.73 Å². The number of aryl methyl sites for hydroxylation is 2. The minimum absolute atomic E-state index is 0.0711. The van der Waals surface area contributed by atoms with Gasteiger partial charge in [-0.15, -0.1) is 0 Å². The Bertz CT molecular complexity index is 522. The predicted molar refractivity (Wildman–Crippen MR) is 82.5 cm³/mol. The lowest BCUT2D eigenvalue weighted by atomic mass is 9.99. The van der Waals surface area contributed by atoms with Crippen molar-refractivity contribution in [1.82, 2.24) is 0 Å². The number of nitrogens with two attached hydrogens (primary N) is 1. The van der Waals surface area contributed by atoms with Crippen LogP contribution in [0.3, 0.4) is 0 Å². The van der Waals surface area contributed by atoms with E-state index >= 15 is 0 Å². The minimum Gasteiger partial charge on any atom is -0.324 e. The number of rotatable bonds is 5. The lowest BCUT2D eigenvalue weighted by molar-refractivity contribution is 0.611. The molecule has 0 fully saturated rings. The van der Waals surface area contributed by atoms with Crippen LogP contribution in [0.25, 0.3) is 0 Å². The van der Waals surface area contributed by atoms with Crippen molar-refractivity contribution in [3.05, 3.63) is 70.2 Å². The number of hydrogen-bond acceptors (Lipinski definition) is 1. The fourth-order valence-electron chi connectivity index (χ4n) is 2.18. The molecule has 0 aliphatic carbocycles. The van der Waals surface area contributed by atoms with Gasteiger partial charge in [-0.1, -0.05) is 54.1 Å². The van der Waals surface area contributed by atoms with Crippen LogP contribution in [0.2, 0.25) is 5.02 Å². The fourth-order valence-corrected chi connectivity index (χ4v) is 2.37. The molecule has 2 aromatic carbocycles. The van der Waals surface area contributed by atoms with Crippen molar-refractivity contribution in [1.29, 1.82) is 0 Å². The summed E-state index contributed by atoms with van der Waals surface area (Å²) in [6.45, 7) is 2.01. The molecule has 0 radical (unpaired) electrons. The second-order valence-electron chi connectivity index (χ2n) is 4.99. The van der Waals surface area contributed by atoms with E-state index in [-0.39, 0.29) is 6.04 Å². The van der Waals surface area contributed by atoms with Crippen LogP contribution in [0, 0.1) is 6.92 Å². The first-order chi connectivity index (χ1) is 9.16. The Labute approximate surface area is 120 Å². The highest BCUT2D eigenvalue weighted by Crippen LogP contribution is 2.23. The van der Waals surface area contributed by atoms with Gasteiger partial charge in [-0.3, -0.25) is 0 Å². The molecule has 2 heteroatoms. The highest BCUT2D eigenvalue weighted by atomic mass is 35.5. The van der Waals surface area contributed by atoms with Gasteiger partial charge >= 0.3 is 0 Å². The predicted octanol–water partition coefficient (Wildman–Crippen LogP) is 4.67. The van der Waals surface area contributed by atoms with Crippen LogP contribution >= 0.6 is 11.6 Å². The molecule has 0 aliphatic rings. The fraction of sp³-hybridized carbons (Fsp3) is 0.294.